The van der Waals surface area contributed by atoms with E-state index in [9.17, 15) is 0 Å². The van der Waals surface area contributed by atoms with Crippen LogP contribution in [0.4, 0.5) is 11.4 Å². The van der Waals surface area contributed by atoms with E-state index >= 15 is 0 Å². The van der Waals surface area contributed by atoms with Gasteiger partial charge in [0.25, 0.3) is 0 Å². The Labute approximate surface area is 120 Å². The van der Waals surface area contributed by atoms with Crippen molar-refractivity contribution >= 4 is 23.0 Å². The zero-order valence-electron chi connectivity index (χ0n) is 11.8. The first-order valence-electron chi connectivity index (χ1n) is 7.18. The first kappa shape index (κ1) is 13.1. The molecule has 3 nitrogen and oxygen atoms in total. The summed E-state index contributed by atoms with van der Waals surface area (Å²) in [6, 6.07) is 6.98. The van der Waals surface area contributed by atoms with Gasteiger partial charge in [-0.3, -0.25) is 0 Å². The van der Waals surface area contributed by atoms with Gasteiger partial charge in [0.05, 0.1) is 11.4 Å². The lowest BCUT2D eigenvalue weighted by Crippen LogP contribution is -2.51. The Morgan fingerprint density at radius 1 is 1.21 bits per heavy atom. The molecule has 0 spiro atoms. The van der Waals surface area contributed by atoms with Gasteiger partial charge < -0.3 is 14.7 Å². The molecule has 1 saturated heterocycles. The fraction of sp³-hybridized carbons (Fsp3) is 0.600. The number of benzene rings is 1. The van der Waals surface area contributed by atoms with E-state index in [4.69, 9.17) is 11.6 Å². The Balaban J connectivity index is 2.01. The molecule has 0 N–H and O–H groups in total. The van der Waals surface area contributed by atoms with Gasteiger partial charge in [0, 0.05) is 43.8 Å². The molecule has 1 fully saturated rings. The lowest BCUT2D eigenvalue weighted by molar-refractivity contribution is 0.263. The van der Waals surface area contributed by atoms with Crippen molar-refractivity contribution in [3.8, 4) is 0 Å². The van der Waals surface area contributed by atoms with Crippen LogP contribution in [0.2, 0.25) is 5.02 Å². The zero-order valence-corrected chi connectivity index (χ0v) is 12.5. The highest BCUT2D eigenvalue weighted by atomic mass is 35.5. The number of piperazine rings is 1. The number of anilines is 2. The van der Waals surface area contributed by atoms with E-state index in [2.05, 4.69) is 40.8 Å². The molecule has 1 aromatic rings. The summed E-state index contributed by atoms with van der Waals surface area (Å²) < 4.78 is 0. The van der Waals surface area contributed by atoms with E-state index < -0.39 is 0 Å². The number of likely N-dealkylation sites (N-methyl/N-ethyl adjacent to an activating group) is 1. The van der Waals surface area contributed by atoms with Crippen LogP contribution in [0.3, 0.4) is 0 Å². The van der Waals surface area contributed by atoms with Gasteiger partial charge in [0.1, 0.15) is 0 Å². The van der Waals surface area contributed by atoms with Crippen molar-refractivity contribution in [2.75, 3.05) is 49.6 Å². The first-order chi connectivity index (χ1) is 9.19. The molecule has 0 radical (unpaired) electrons. The summed E-state index contributed by atoms with van der Waals surface area (Å²) in [7, 11) is 2.22. The molecule has 0 amide bonds. The summed E-state index contributed by atoms with van der Waals surface area (Å²) in [4.78, 5) is 7.49. The van der Waals surface area contributed by atoms with Gasteiger partial charge in [0.2, 0.25) is 0 Å². The third-order valence-corrected chi connectivity index (χ3v) is 4.62. The lowest BCUT2D eigenvalue weighted by Gasteiger charge is -2.40. The van der Waals surface area contributed by atoms with Crippen molar-refractivity contribution in [2.24, 2.45) is 0 Å². The highest BCUT2D eigenvalue weighted by Crippen LogP contribution is 2.37. The Morgan fingerprint density at radius 2 is 2.05 bits per heavy atom. The third-order valence-electron chi connectivity index (χ3n) is 4.39. The molecule has 0 bridgehead atoms. The molecule has 0 saturated carbocycles. The summed E-state index contributed by atoms with van der Waals surface area (Å²) in [5.41, 5.74) is 2.67. The van der Waals surface area contributed by atoms with Crippen LogP contribution in [-0.4, -0.2) is 50.7 Å². The van der Waals surface area contributed by atoms with Crippen LogP contribution in [0.5, 0.6) is 0 Å². The molecule has 2 aliphatic rings. The summed E-state index contributed by atoms with van der Waals surface area (Å²) in [5, 5.41) is 0.838. The van der Waals surface area contributed by atoms with Crippen LogP contribution in [0.1, 0.15) is 13.3 Å². The highest BCUT2D eigenvalue weighted by molar-refractivity contribution is 6.31. The summed E-state index contributed by atoms with van der Waals surface area (Å²) in [5.74, 6) is 0. The molecular formula is C15H22ClN3. The molecule has 19 heavy (non-hydrogen) atoms. The minimum absolute atomic E-state index is 0.634. The molecule has 2 aliphatic heterocycles. The quantitative estimate of drug-likeness (QED) is 0.783. The molecule has 4 heteroatoms. The molecule has 3 rings (SSSR count). The molecule has 1 unspecified atom stereocenters. The van der Waals surface area contributed by atoms with Crippen LogP contribution >= 0.6 is 11.6 Å². The SMILES string of the molecule is CCN1CCC2CN(C)CCN2c2ccc(Cl)cc21. The number of nitrogens with zero attached hydrogens (tertiary/aromatic N) is 3. The summed E-state index contributed by atoms with van der Waals surface area (Å²) in [6.45, 7) is 7.82. The van der Waals surface area contributed by atoms with Gasteiger partial charge in [-0.15, -0.1) is 0 Å². The van der Waals surface area contributed by atoms with Crippen molar-refractivity contribution in [1.82, 2.24) is 4.90 Å². The largest absolute Gasteiger partial charge is 0.370 e. The van der Waals surface area contributed by atoms with Gasteiger partial charge >= 0.3 is 0 Å². The van der Waals surface area contributed by atoms with Crippen molar-refractivity contribution in [2.45, 2.75) is 19.4 Å². The van der Waals surface area contributed by atoms with E-state index in [1.165, 1.54) is 24.3 Å². The van der Waals surface area contributed by atoms with E-state index in [0.29, 0.717) is 6.04 Å². The maximum atomic E-state index is 6.20. The predicted octanol–water partition coefficient (Wildman–Crippen LogP) is 2.69. The van der Waals surface area contributed by atoms with Gasteiger partial charge in [-0.25, -0.2) is 0 Å². The summed E-state index contributed by atoms with van der Waals surface area (Å²) in [6.07, 6.45) is 1.23. The van der Waals surface area contributed by atoms with E-state index in [0.717, 1.165) is 31.2 Å². The lowest BCUT2D eigenvalue weighted by atomic mass is 10.1. The van der Waals surface area contributed by atoms with E-state index in [1.807, 2.05) is 6.07 Å². The maximum Gasteiger partial charge on any atom is 0.0619 e. The van der Waals surface area contributed by atoms with E-state index in [1.54, 1.807) is 0 Å². The monoisotopic (exact) mass is 279 g/mol. The topological polar surface area (TPSA) is 9.72 Å². The second kappa shape index (κ2) is 5.22. The minimum Gasteiger partial charge on any atom is -0.370 e. The van der Waals surface area contributed by atoms with E-state index in [-0.39, 0.29) is 0 Å². The van der Waals surface area contributed by atoms with Gasteiger partial charge in [-0.2, -0.15) is 0 Å². The molecule has 0 aliphatic carbocycles. The Morgan fingerprint density at radius 3 is 2.84 bits per heavy atom. The smallest absolute Gasteiger partial charge is 0.0619 e. The number of halogens is 1. The Bertz CT molecular complexity index is 463. The van der Waals surface area contributed by atoms with Crippen molar-refractivity contribution < 1.29 is 0 Å². The van der Waals surface area contributed by atoms with Crippen molar-refractivity contribution in [1.29, 1.82) is 0 Å². The molecule has 1 atom stereocenters. The zero-order chi connectivity index (χ0) is 13.4. The van der Waals surface area contributed by atoms with Crippen LogP contribution in [0.25, 0.3) is 0 Å². The standard InChI is InChI=1S/C15H22ClN3/c1-3-18-7-6-13-11-17(2)8-9-19(13)14-5-4-12(16)10-15(14)18/h4-5,10,13H,3,6-9,11H2,1-2H3. The van der Waals surface area contributed by atoms with Crippen molar-refractivity contribution in [3.05, 3.63) is 23.2 Å². The minimum atomic E-state index is 0.634. The predicted molar refractivity (Wildman–Crippen MR) is 82.6 cm³/mol. The molecular weight excluding hydrogens is 258 g/mol. The average molecular weight is 280 g/mol. The summed E-state index contributed by atoms with van der Waals surface area (Å²) >= 11 is 6.20. The molecule has 104 valence electrons. The second-order valence-electron chi connectivity index (χ2n) is 5.61. The third kappa shape index (κ3) is 2.41. The van der Waals surface area contributed by atoms with Gasteiger partial charge in [-0.1, -0.05) is 11.6 Å². The fourth-order valence-electron chi connectivity index (χ4n) is 3.32. The number of fused-ring (bicyclic) bond motifs is 3. The van der Waals surface area contributed by atoms with Crippen LogP contribution in [0, 0.1) is 0 Å². The molecule has 2 heterocycles. The second-order valence-corrected chi connectivity index (χ2v) is 6.05. The number of hydrogen-bond donors (Lipinski definition) is 0. The molecule has 1 aromatic carbocycles. The first-order valence-corrected chi connectivity index (χ1v) is 7.56. The van der Waals surface area contributed by atoms with Crippen LogP contribution in [-0.2, 0) is 0 Å². The van der Waals surface area contributed by atoms with Gasteiger partial charge in [-0.05, 0) is 38.6 Å². The van der Waals surface area contributed by atoms with Crippen LogP contribution in [0.15, 0.2) is 18.2 Å². The fourth-order valence-corrected chi connectivity index (χ4v) is 3.49. The van der Waals surface area contributed by atoms with Crippen molar-refractivity contribution in [3.63, 3.8) is 0 Å². The highest BCUT2D eigenvalue weighted by Gasteiger charge is 2.30. The van der Waals surface area contributed by atoms with Crippen LogP contribution < -0.4 is 9.80 Å². The molecule has 0 aromatic heterocycles. The normalized spacial score (nSPS) is 23.8. The number of hydrogen-bond acceptors (Lipinski definition) is 3. The maximum absolute atomic E-state index is 6.20. The number of rotatable bonds is 1. The Kier molecular flexibility index (Phi) is 3.59. The average Bonchev–Trinajstić information content (AvgIpc) is 2.54. The van der Waals surface area contributed by atoms with Gasteiger partial charge in [0.15, 0.2) is 0 Å². The Hall–Kier alpha value is -0.930.